The minimum absolute atomic E-state index is 0.309. The molecular formula is C19H28N2O5. The summed E-state index contributed by atoms with van der Waals surface area (Å²) in [6.45, 7) is 7.83. The highest BCUT2D eigenvalue weighted by Gasteiger charge is 2.12. The van der Waals surface area contributed by atoms with Gasteiger partial charge in [-0.25, -0.2) is 9.59 Å². The Morgan fingerprint density at radius 3 is 2.50 bits per heavy atom. The summed E-state index contributed by atoms with van der Waals surface area (Å²) in [6.07, 6.45) is 1.76. The molecule has 0 atom stereocenters. The Bertz CT molecular complexity index is 628. The standard InChI is InChI=1S/C19H28N2O5/c1-5-6-9-20-19(24)21-17(22)11-26-18(23)12-25-15-7-8-16(13(2)3)14(4)10-15/h7-8,10,13H,5-6,9,11-12H2,1-4H3,(H2,20,21,22,24). The number of amides is 3. The van der Waals surface area contributed by atoms with E-state index < -0.39 is 24.5 Å². The van der Waals surface area contributed by atoms with E-state index in [1.54, 1.807) is 6.07 Å². The van der Waals surface area contributed by atoms with Gasteiger partial charge in [0.25, 0.3) is 5.91 Å². The van der Waals surface area contributed by atoms with E-state index in [-0.39, 0.29) is 6.61 Å². The van der Waals surface area contributed by atoms with Crippen molar-refractivity contribution in [2.24, 2.45) is 0 Å². The summed E-state index contributed by atoms with van der Waals surface area (Å²) in [5.41, 5.74) is 2.30. The molecule has 0 aliphatic heterocycles. The van der Waals surface area contributed by atoms with Crippen molar-refractivity contribution in [2.75, 3.05) is 19.8 Å². The number of hydrogen-bond donors (Lipinski definition) is 2. The lowest BCUT2D eigenvalue weighted by Gasteiger charge is -2.12. The first-order valence-corrected chi connectivity index (χ1v) is 8.80. The molecule has 1 aromatic rings. The molecule has 1 aromatic carbocycles. The van der Waals surface area contributed by atoms with Gasteiger partial charge in [-0.05, 0) is 42.5 Å². The number of carbonyl (C=O) groups excluding carboxylic acids is 3. The smallest absolute Gasteiger partial charge is 0.344 e. The fourth-order valence-electron chi connectivity index (χ4n) is 2.30. The van der Waals surface area contributed by atoms with E-state index in [1.165, 1.54) is 5.56 Å². The first kappa shape index (κ1) is 21.5. The molecule has 0 aliphatic carbocycles. The van der Waals surface area contributed by atoms with Crippen LogP contribution in [0, 0.1) is 6.92 Å². The van der Waals surface area contributed by atoms with Crippen LogP contribution in [0.25, 0.3) is 0 Å². The zero-order chi connectivity index (χ0) is 19.5. The minimum Gasteiger partial charge on any atom is -0.482 e. The highest BCUT2D eigenvalue weighted by molar-refractivity contribution is 5.95. The zero-order valence-corrected chi connectivity index (χ0v) is 15.9. The van der Waals surface area contributed by atoms with Crippen molar-refractivity contribution in [3.8, 4) is 5.75 Å². The number of rotatable bonds is 9. The first-order chi connectivity index (χ1) is 12.3. The molecule has 7 nitrogen and oxygen atoms in total. The van der Waals surface area contributed by atoms with Gasteiger partial charge < -0.3 is 14.8 Å². The Morgan fingerprint density at radius 2 is 1.88 bits per heavy atom. The fourth-order valence-corrected chi connectivity index (χ4v) is 2.30. The second kappa shape index (κ2) is 11.1. The van der Waals surface area contributed by atoms with Crippen LogP contribution in [0.4, 0.5) is 4.79 Å². The molecule has 0 radical (unpaired) electrons. The molecule has 0 saturated carbocycles. The average molecular weight is 364 g/mol. The molecule has 26 heavy (non-hydrogen) atoms. The summed E-state index contributed by atoms with van der Waals surface area (Å²) in [5, 5.41) is 4.62. The Kier molecular flexibility index (Phi) is 9.19. The second-order valence-corrected chi connectivity index (χ2v) is 6.28. The third kappa shape index (κ3) is 8.00. The topological polar surface area (TPSA) is 93.7 Å². The van der Waals surface area contributed by atoms with Gasteiger partial charge >= 0.3 is 12.0 Å². The maximum Gasteiger partial charge on any atom is 0.344 e. The van der Waals surface area contributed by atoms with Crippen LogP contribution < -0.4 is 15.4 Å². The molecule has 0 aliphatic rings. The van der Waals surface area contributed by atoms with E-state index in [2.05, 4.69) is 24.5 Å². The summed E-state index contributed by atoms with van der Waals surface area (Å²) in [5.74, 6) is -0.406. The maximum atomic E-state index is 11.6. The molecule has 0 bridgehead atoms. The molecule has 0 spiro atoms. The number of imide groups is 1. The average Bonchev–Trinajstić information content (AvgIpc) is 2.58. The van der Waals surface area contributed by atoms with Gasteiger partial charge in [-0.2, -0.15) is 0 Å². The predicted octanol–water partition coefficient (Wildman–Crippen LogP) is 2.67. The number of carbonyl (C=O) groups is 3. The van der Waals surface area contributed by atoms with Crippen molar-refractivity contribution in [3.05, 3.63) is 29.3 Å². The van der Waals surface area contributed by atoms with E-state index in [9.17, 15) is 14.4 Å². The molecule has 2 N–H and O–H groups in total. The number of esters is 1. The molecule has 0 aromatic heterocycles. The van der Waals surface area contributed by atoms with Crippen LogP contribution in [0.1, 0.15) is 50.7 Å². The molecule has 0 saturated heterocycles. The highest BCUT2D eigenvalue weighted by atomic mass is 16.6. The van der Waals surface area contributed by atoms with Gasteiger partial charge in [-0.3, -0.25) is 10.1 Å². The minimum atomic E-state index is -0.690. The molecular weight excluding hydrogens is 336 g/mol. The largest absolute Gasteiger partial charge is 0.482 e. The summed E-state index contributed by atoms with van der Waals surface area (Å²) in [6, 6.07) is 5.01. The van der Waals surface area contributed by atoms with Crippen LogP contribution in [0.2, 0.25) is 0 Å². The normalized spacial score (nSPS) is 10.3. The monoisotopic (exact) mass is 364 g/mol. The lowest BCUT2D eigenvalue weighted by Crippen LogP contribution is -2.41. The molecule has 7 heteroatoms. The van der Waals surface area contributed by atoms with Crippen molar-refractivity contribution in [2.45, 2.75) is 46.5 Å². The SMILES string of the molecule is CCCCNC(=O)NC(=O)COC(=O)COc1ccc(C(C)C)c(C)c1. The molecule has 0 fully saturated rings. The summed E-state index contributed by atoms with van der Waals surface area (Å²) >= 11 is 0. The molecule has 0 unspecified atom stereocenters. The number of urea groups is 1. The third-order valence-electron chi connectivity index (χ3n) is 3.65. The van der Waals surface area contributed by atoms with E-state index in [4.69, 9.17) is 9.47 Å². The van der Waals surface area contributed by atoms with Crippen LogP contribution in [0.5, 0.6) is 5.75 Å². The van der Waals surface area contributed by atoms with E-state index in [1.807, 2.05) is 26.0 Å². The van der Waals surface area contributed by atoms with Crippen LogP contribution in [0.15, 0.2) is 18.2 Å². The van der Waals surface area contributed by atoms with Gasteiger partial charge in [0.15, 0.2) is 13.2 Å². The van der Waals surface area contributed by atoms with Gasteiger partial charge in [-0.1, -0.05) is 33.3 Å². The molecule has 3 amide bonds. The van der Waals surface area contributed by atoms with Crippen LogP contribution in [0.3, 0.4) is 0 Å². The predicted molar refractivity (Wildman–Crippen MR) is 98.2 cm³/mol. The van der Waals surface area contributed by atoms with Crippen molar-refractivity contribution >= 4 is 17.9 Å². The van der Waals surface area contributed by atoms with Gasteiger partial charge in [-0.15, -0.1) is 0 Å². The van der Waals surface area contributed by atoms with Crippen LogP contribution >= 0.6 is 0 Å². The number of benzene rings is 1. The van der Waals surface area contributed by atoms with Gasteiger partial charge in [0.2, 0.25) is 0 Å². The number of aryl methyl sites for hydroxylation is 1. The van der Waals surface area contributed by atoms with Crippen LogP contribution in [-0.2, 0) is 14.3 Å². The number of hydrogen-bond acceptors (Lipinski definition) is 5. The summed E-state index contributed by atoms with van der Waals surface area (Å²) in [4.78, 5) is 34.6. The van der Waals surface area contributed by atoms with Crippen molar-refractivity contribution in [3.63, 3.8) is 0 Å². The lowest BCUT2D eigenvalue weighted by molar-refractivity contribution is -0.150. The second-order valence-electron chi connectivity index (χ2n) is 6.28. The van der Waals surface area contributed by atoms with Crippen molar-refractivity contribution in [1.82, 2.24) is 10.6 Å². The molecule has 1 rings (SSSR count). The third-order valence-corrected chi connectivity index (χ3v) is 3.65. The first-order valence-electron chi connectivity index (χ1n) is 8.80. The maximum absolute atomic E-state index is 11.6. The summed E-state index contributed by atoms with van der Waals surface area (Å²) in [7, 11) is 0. The van der Waals surface area contributed by atoms with E-state index >= 15 is 0 Å². The van der Waals surface area contributed by atoms with Crippen molar-refractivity contribution < 1.29 is 23.9 Å². The van der Waals surface area contributed by atoms with E-state index in [0.717, 1.165) is 18.4 Å². The van der Waals surface area contributed by atoms with Crippen LogP contribution in [-0.4, -0.2) is 37.7 Å². The molecule has 144 valence electrons. The fraction of sp³-hybridized carbons (Fsp3) is 0.526. The molecule has 0 heterocycles. The zero-order valence-electron chi connectivity index (χ0n) is 15.9. The van der Waals surface area contributed by atoms with E-state index in [0.29, 0.717) is 18.2 Å². The Labute approximate surface area is 154 Å². The number of ether oxygens (including phenoxy) is 2. The van der Waals surface area contributed by atoms with Gasteiger partial charge in [0.1, 0.15) is 5.75 Å². The lowest BCUT2D eigenvalue weighted by atomic mass is 9.98. The number of unbranched alkanes of at least 4 members (excludes halogenated alkanes) is 1. The van der Waals surface area contributed by atoms with Gasteiger partial charge in [0, 0.05) is 6.54 Å². The van der Waals surface area contributed by atoms with Crippen molar-refractivity contribution in [1.29, 1.82) is 0 Å². The Balaban J connectivity index is 2.31. The highest BCUT2D eigenvalue weighted by Crippen LogP contribution is 2.23. The summed E-state index contributed by atoms with van der Waals surface area (Å²) < 4.78 is 10.2. The Morgan fingerprint density at radius 1 is 1.15 bits per heavy atom. The Hall–Kier alpha value is -2.57. The quantitative estimate of drug-likeness (QED) is 0.519. The van der Waals surface area contributed by atoms with Gasteiger partial charge in [0.05, 0.1) is 0 Å². The number of nitrogens with one attached hydrogen (secondary N) is 2.